The Labute approximate surface area is 55.9 Å². The van der Waals surface area contributed by atoms with Gasteiger partial charge in [0, 0.05) is 0 Å². The van der Waals surface area contributed by atoms with E-state index in [1.165, 1.54) is 3.71 Å². The van der Waals surface area contributed by atoms with Crippen LogP contribution < -0.4 is 3.71 Å². The van der Waals surface area contributed by atoms with Crippen molar-refractivity contribution in [1.29, 1.82) is 0 Å². The molecule has 1 heterocycles. The first-order valence-electron chi connectivity index (χ1n) is 2.06. The van der Waals surface area contributed by atoms with Crippen LogP contribution in [0.1, 0.15) is 0 Å². The number of hydrogen-bond donors (Lipinski definition) is 0. The van der Waals surface area contributed by atoms with E-state index in [0.717, 1.165) is 22.5 Å². The van der Waals surface area contributed by atoms with Crippen molar-refractivity contribution in [1.82, 2.24) is 4.98 Å². The Morgan fingerprint density at radius 2 is 2.29 bits per heavy atom. The SMILES string of the molecule is [SnH][c]1ccccn1. The van der Waals surface area contributed by atoms with E-state index in [0.29, 0.717) is 0 Å². The molecule has 1 nitrogen and oxygen atoms in total. The summed E-state index contributed by atoms with van der Waals surface area (Å²) < 4.78 is 1.20. The summed E-state index contributed by atoms with van der Waals surface area (Å²) in [5.74, 6) is 0. The molecule has 0 aromatic carbocycles. The van der Waals surface area contributed by atoms with E-state index in [9.17, 15) is 0 Å². The van der Waals surface area contributed by atoms with Crippen LogP contribution in [0.15, 0.2) is 24.4 Å². The summed E-state index contributed by atoms with van der Waals surface area (Å²) in [6.45, 7) is 0. The number of nitrogens with zero attached hydrogens (tertiary/aromatic N) is 1. The molecule has 0 bridgehead atoms. The number of hydrogen-bond acceptors (Lipinski definition) is 1. The van der Waals surface area contributed by atoms with Crippen LogP contribution in [-0.4, -0.2) is 27.5 Å². The van der Waals surface area contributed by atoms with Gasteiger partial charge in [0.25, 0.3) is 0 Å². The quantitative estimate of drug-likeness (QED) is 0.517. The van der Waals surface area contributed by atoms with Gasteiger partial charge >= 0.3 is 55.6 Å². The standard InChI is InChI=1S/C5H4N.Sn.H/c1-2-4-6-5-3-1;;/h1-4H;;. The topological polar surface area (TPSA) is 12.9 Å². The molecule has 2 heteroatoms. The normalized spacial score (nSPS) is 8.71. The van der Waals surface area contributed by atoms with Gasteiger partial charge in [0.2, 0.25) is 0 Å². The molecule has 0 aliphatic heterocycles. The van der Waals surface area contributed by atoms with Gasteiger partial charge < -0.3 is 0 Å². The zero-order chi connectivity index (χ0) is 5.11. The van der Waals surface area contributed by atoms with Gasteiger partial charge in [-0.05, 0) is 0 Å². The van der Waals surface area contributed by atoms with Crippen molar-refractivity contribution >= 4 is 26.2 Å². The summed E-state index contributed by atoms with van der Waals surface area (Å²) in [6, 6.07) is 5.97. The Hall–Kier alpha value is -0.0513. The summed E-state index contributed by atoms with van der Waals surface area (Å²) in [4.78, 5) is 4.04. The van der Waals surface area contributed by atoms with E-state index >= 15 is 0 Å². The van der Waals surface area contributed by atoms with E-state index < -0.39 is 0 Å². The first-order valence-corrected chi connectivity index (χ1v) is 3.71. The van der Waals surface area contributed by atoms with Gasteiger partial charge in [0.15, 0.2) is 0 Å². The molecule has 2 radical (unpaired) electrons. The van der Waals surface area contributed by atoms with Crippen LogP contribution in [0.4, 0.5) is 0 Å². The molecule has 0 amide bonds. The van der Waals surface area contributed by atoms with Gasteiger partial charge in [-0.15, -0.1) is 0 Å². The fourth-order valence-corrected chi connectivity index (χ4v) is 0.939. The second kappa shape index (κ2) is 2.31. The molecule has 0 spiro atoms. The molecular formula is C5H5NSn. The molecule has 1 aromatic rings. The third-order valence-electron chi connectivity index (χ3n) is 0.688. The molecule has 0 unspecified atom stereocenters. The Morgan fingerprint density at radius 3 is 2.57 bits per heavy atom. The number of aromatic nitrogens is 1. The van der Waals surface area contributed by atoms with Gasteiger partial charge in [0.1, 0.15) is 0 Å². The van der Waals surface area contributed by atoms with Crippen LogP contribution in [0, 0.1) is 0 Å². The molecular weight excluding hydrogens is 193 g/mol. The molecule has 0 atom stereocenters. The molecule has 0 aliphatic rings. The van der Waals surface area contributed by atoms with Crippen LogP contribution >= 0.6 is 0 Å². The van der Waals surface area contributed by atoms with Gasteiger partial charge in [0.05, 0.1) is 0 Å². The molecule has 0 saturated carbocycles. The van der Waals surface area contributed by atoms with Crippen molar-refractivity contribution < 1.29 is 0 Å². The molecule has 1 rings (SSSR count). The molecule has 0 N–H and O–H groups in total. The summed E-state index contributed by atoms with van der Waals surface area (Å²) >= 11 is 1.12. The van der Waals surface area contributed by atoms with Gasteiger partial charge in [-0.1, -0.05) is 0 Å². The Balaban J connectivity index is 3.02. The van der Waals surface area contributed by atoms with Crippen molar-refractivity contribution in [2.75, 3.05) is 0 Å². The van der Waals surface area contributed by atoms with E-state index in [4.69, 9.17) is 0 Å². The molecule has 1 aromatic heterocycles. The minimum absolute atomic E-state index is 1.12. The molecule has 0 fully saturated rings. The fourth-order valence-electron chi connectivity index (χ4n) is 0.376. The monoisotopic (exact) mass is 199 g/mol. The third-order valence-corrected chi connectivity index (χ3v) is 1.66. The van der Waals surface area contributed by atoms with E-state index in [2.05, 4.69) is 4.98 Å². The van der Waals surface area contributed by atoms with Crippen molar-refractivity contribution in [2.45, 2.75) is 0 Å². The first-order chi connectivity index (χ1) is 3.39. The number of pyridine rings is 1. The van der Waals surface area contributed by atoms with Gasteiger partial charge in [-0.25, -0.2) is 0 Å². The third kappa shape index (κ3) is 1.47. The van der Waals surface area contributed by atoms with Gasteiger partial charge in [-0.2, -0.15) is 0 Å². The van der Waals surface area contributed by atoms with Crippen molar-refractivity contribution in [3.63, 3.8) is 0 Å². The fraction of sp³-hybridized carbons (Fsp3) is 0. The maximum absolute atomic E-state index is 4.04. The van der Waals surface area contributed by atoms with Crippen LogP contribution in [0.5, 0.6) is 0 Å². The minimum atomic E-state index is 1.12. The predicted molar refractivity (Wildman–Crippen MR) is 31.0 cm³/mol. The average Bonchev–Trinajstić information content (AvgIpc) is 1.69. The summed E-state index contributed by atoms with van der Waals surface area (Å²) in [5.41, 5.74) is 0. The van der Waals surface area contributed by atoms with Crippen molar-refractivity contribution in [3.8, 4) is 0 Å². The van der Waals surface area contributed by atoms with E-state index in [1.807, 2.05) is 24.4 Å². The Morgan fingerprint density at radius 1 is 1.43 bits per heavy atom. The predicted octanol–water partition coefficient (Wildman–Crippen LogP) is -0.392. The second-order valence-electron chi connectivity index (χ2n) is 1.25. The van der Waals surface area contributed by atoms with Crippen LogP contribution in [0.3, 0.4) is 0 Å². The Bertz CT molecular complexity index is 138. The zero-order valence-electron chi connectivity index (χ0n) is 3.83. The second-order valence-corrected chi connectivity index (χ2v) is 2.94. The van der Waals surface area contributed by atoms with Crippen molar-refractivity contribution in [2.24, 2.45) is 0 Å². The average molecular weight is 198 g/mol. The van der Waals surface area contributed by atoms with E-state index in [1.54, 1.807) is 0 Å². The maximum atomic E-state index is 4.04. The summed E-state index contributed by atoms with van der Waals surface area (Å²) in [6.07, 6.45) is 1.82. The van der Waals surface area contributed by atoms with Crippen LogP contribution in [0.2, 0.25) is 0 Å². The summed E-state index contributed by atoms with van der Waals surface area (Å²) in [5, 5.41) is 0. The summed E-state index contributed by atoms with van der Waals surface area (Å²) in [7, 11) is 0. The van der Waals surface area contributed by atoms with Crippen LogP contribution in [0.25, 0.3) is 0 Å². The molecule has 0 aliphatic carbocycles. The van der Waals surface area contributed by atoms with Gasteiger partial charge in [-0.3, -0.25) is 0 Å². The molecule has 7 heavy (non-hydrogen) atoms. The number of rotatable bonds is 0. The van der Waals surface area contributed by atoms with Crippen LogP contribution in [-0.2, 0) is 0 Å². The Kier molecular flexibility index (Phi) is 1.68. The zero-order valence-corrected chi connectivity index (χ0v) is 7.13. The molecule has 0 saturated heterocycles. The first kappa shape index (κ1) is 5.09. The van der Waals surface area contributed by atoms with Crippen molar-refractivity contribution in [3.05, 3.63) is 24.4 Å². The molecule has 34 valence electrons. The van der Waals surface area contributed by atoms with E-state index in [-0.39, 0.29) is 0 Å².